The van der Waals surface area contributed by atoms with Crippen molar-refractivity contribution in [1.29, 1.82) is 0 Å². The van der Waals surface area contributed by atoms with Gasteiger partial charge in [0.1, 0.15) is 10.7 Å². The molecule has 0 bridgehead atoms. The summed E-state index contributed by atoms with van der Waals surface area (Å²) in [6, 6.07) is 6.66. The van der Waals surface area contributed by atoms with E-state index >= 15 is 0 Å². The third kappa shape index (κ3) is 2.69. The lowest BCUT2D eigenvalue weighted by molar-refractivity contribution is 0.511. The second kappa shape index (κ2) is 5.19. The fourth-order valence-corrected chi connectivity index (χ4v) is 2.38. The summed E-state index contributed by atoms with van der Waals surface area (Å²) in [4.78, 5) is 3.99. The van der Waals surface area contributed by atoms with Crippen LogP contribution in [0.5, 0.6) is 0 Å². The average molecular weight is 267 g/mol. The Bertz CT molecular complexity index is 608. The smallest absolute Gasteiger partial charge is 0.242 e. The fraction of sp³-hybridized carbons (Fsp3) is 0.182. The minimum absolute atomic E-state index is 0.201. The molecule has 1 heterocycles. The maximum absolute atomic E-state index is 11.8. The van der Waals surface area contributed by atoms with Crippen LogP contribution in [0, 0.1) is 0 Å². The van der Waals surface area contributed by atoms with Crippen LogP contribution in [-0.4, -0.2) is 20.4 Å². The number of rotatable bonds is 5. The molecule has 0 amide bonds. The van der Waals surface area contributed by atoms with Gasteiger partial charge in [0, 0.05) is 0 Å². The molecule has 0 saturated heterocycles. The number of nitrogens with zero attached hydrogens (tertiary/aromatic N) is 1. The van der Waals surface area contributed by atoms with Crippen molar-refractivity contribution in [1.82, 2.24) is 9.71 Å². The lowest BCUT2D eigenvalue weighted by atomic mass is 10.3. The van der Waals surface area contributed by atoms with Crippen LogP contribution in [0.25, 0.3) is 0 Å². The summed E-state index contributed by atoms with van der Waals surface area (Å²) in [7, 11) is -2.10. The van der Waals surface area contributed by atoms with Gasteiger partial charge in [0.15, 0.2) is 6.39 Å². The van der Waals surface area contributed by atoms with Gasteiger partial charge in [-0.05, 0) is 19.2 Å². The molecule has 0 aliphatic rings. The molecule has 2 N–H and O–H groups in total. The van der Waals surface area contributed by atoms with Crippen molar-refractivity contribution in [2.45, 2.75) is 11.4 Å². The van der Waals surface area contributed by atoms with Gasteiger partial charge in [0.25, 0.3) is 0 Å². The first kappa shape index (κ1) is 12.6. The summed E-state index contributed by atoms with van der Waals surface area (Å²) in [6.45, 7) is 0.371. The van der Waals surface area contributed by atoms with Crippen LogP contribution in [0.2, 0.25) is 0 Å². The van der Waals surface area contributed by atoms with Crippen molar-refractivity contribution in [3.63, 3.8) is 0 Å². The lowest BCUT2D eigenvalue weighted by Crippen LogP contribution is -2.20. The van der Waals surface area contributed by atoms with E-state index in [1.165, 1.54) is 19.5 Å². The lowest BCUT2D eigenvalue weighted by Gasteiger charge is -2.10. The molecule has 1 aromatic heterocycles. The van der Waals surface area contributed by atoms with Crippen molar-refractivity contribution in [3.05, 3.63) is 42.6 Å². The molecule has 2 rings (SSSR count). The molecule has 0 fully saturated rings. The van der Waals surface area contributed by atoms with E-state index in [-0.39, 0.29) is 4.90 Å². The zero-order valence-corrected chi connectivity index (χ0v) is 10.6. The van der Waals surface area contributed by atoms with E-state index in [0.29, 0.717) is 18.0 Å². The molecule has 0 aliphatic carbocycles. The maximum Gasteiger partial charge on any atom is 0.242 e. The topological polar surface area (TPSA) is 84.2 Å². The molecule has 6 nitrogen and oxygen atoms in total. The molecule has 18 heavy (non-hydrogen) atoms. The van der Waals surface area contributed by atoms with Crippen LogP contribution in [0.3, 0.4) is 0 Å². The number of para-hydroxylation sites is 1. The number of nitrogens with one attached hydrogen (secondary N) is 2. The van der Waals surface area contributed by atoms with Crippen LogP contribution >= 0.6 is 0 Å². The molecule has 0 saturated carbocycles. The number of aromatic nitrogens is 1. The number of anilines is 1. The van der Waals surface area contributed by atoms with E-state index in [1.807, 2.05) is 0 Å². The molecule has 7 heteroatoms. The third-order valence-electron chi connectivity index (χ3n) is 2.38. The molecule has 2 aromatic rings. The Morgan fingerprint density at radius 2 is 2.11 bits per heavy atom. The number of hydrogen-bond acceptors (Lipinski definition) is 5. The molecular formula is C11H13N3O3S. The van der Waals surface area contributed by atoms with Gasteiger partial charge in [-0.2, -0.15) is 0 Å². The zero-order chi connectivity index (χ0) is 13.0. The van der Waals surface area contributed by atoms with E-state index in [2.05, 4.69) is 15.0 Å². The van der Waals surface area contributed by atoms with Crippen molar-refractivity contribution >= 4 is 15.7 Å². The highest BCUT2D eigenvalue weighted by Gasteiger charge is 2.15. The summed E-state index contributed by atoms with van der Waals surface area (Å²) >= 11 is 0. The van der Waals surface area contributed by atoms with Gasteiger partial charge in [-0.3, -0.25) is 0 Å². The second-order valence-electron chi connectivity index (χ2n) is 3.53. The summed E-state index contributed by atoms with van der Waals surface area (Å²) in [5.41, 5.74) is 0.517. The Labute approximate surface area is 105 Å². The minimum Gasteiger partial charge on any atom is -0.447 e. The summed E-state index contributed by atoms with van der Waals surface area (Å²) in [5.74, 6) is 0.631. The SMILES string of the molecule is CNS(=O)(=O)c1ccccc1NCc1cnco1. The van der Waals surface area contributed by atoms with Crippen LogP contribution in [0.1, 0.15) is 5.76 Å². The Hall–Kier alpha value is -1.86. The van der Waals surface area contributed by atoms with Crippen molar-refractivity contribution < 1.29 is 12.8 Å². The first-order valence-corrected chi connectivity index (χ1v) is 6.75. The Morgan fingerprint density at radius 1 is 1.33 bits per heavy atom. The van der Waals surface area contributed by atoms with Crippen molar-refractivity contribution in [3.8, 4) is 0 Å². The van der Waals surface area contributed by atoms with E-state index < -0.39 is 10.0 Å². The Kier molecular flexibility index (Phi) is 3.63. The van der Waals surface area contributed by atoms with Gasteiger partial charge < -0.3 is 9.73 Å². The molecular weight excluding hydrogens is 254 g/mol. The summed E-state index contributed by atoms with van der Waals surface area (Å²) in [6.07, 6.45) is 2.90. The van der Waals surface area contributed by atoms with Gasteiger partial charge in [0.05, 0.1) is 18.4 Å². The van der Waals surface area contributed by atoms with Gasteiger partial charge in [0.2, 0.25) is 10.0 Å². The fourth-order valence-electron chi connectivity index (χ4n) is 1.47. The summed E-state index contributed by atoms with van der Waals surface area (Å²) < 4.78 is 30.9. The summed E-state index contributed by atoms with van der Waals surface area (Å²) in [5, 5.41) is 3.00. The molecule has 0 radical (unpaired) electrons. The Balaban J connectivity index is 2.23. The van der Waals surface area contributed by atoms with Gasteiger partial charge >= 0.3 is 0 Å². The first-order valence-electron chi connectivity index (χ1n) is 5.27. The standard InChI is InChI=1S/C11H13N3O3S/c1-12-18(15,16)11-5-3-2-4-10(11)14-7-9-6-13-8-17-9/h2-6,8,12,14H,7H2,1H3. The van der Waals surface area contributed by atoms with Gasteiger partial charge in [-0.1, -0.05) is 12.1 Å². The third-order valence-corrected chi connectivity index (χ3v) is 3.85. The quantitative estimate of drug-likeness (QED) is 0.850. The molecule has 0 unspecified atom stereocenters. The number of benzene rings is 1. The number of hydrogen-bond donors (Lipinski definition) is 2. The highest BCUT2D eigenvalue weighted by Crippen LogP contribution is 2.20. The van der Waals surface area contributed by atoms with E-state index in [0.717, 1.165) is 0 Å². The average Bonchev–Trinajstić information content (AvgIpc) is 2.90. The molecule has 0 atom stereocenters. The van der Waals surface area contributed by atoms with Crippen LogP contribution < -0.4 is 10.0 Å². The van der Waals surface area contributed by atoms with E-state index in [4.69, 9.17) is 4.42 Å². The Morgan fingerprint density at radius 3 is 2.78 bits per heavy atom. The maximum atomic E-state index is 11.8. The van der Waals surface area contributed by atoms with Crippen LogP contribution in [-0.2, 0) is 16.6 Å². The van der Waals surface area contributed by atoms with E-state index in [9.17, 15) is 8.42 Å². The van der Waals surface area contributed by atoms with Crippen LogP contribution in [0.15, 0.2) is 46.2 Å². The molecule has 1 aromatic carbocycles. The predicted molar refractivity (Wildman–Crippen MR) is 66.5 cm³/mol. The normalized spacial score (nSPS) is 11.4. The highest BCUT2D eigenvalue weighted by molar-refractivity contribution is 7.89. The van der Waals surface area contributed by atoms with Gasteiger partial charge in [-0.25, -0.2) is 18.1 Å². The van der Waals surface area contributed by atoms with E-state index in [1.54, 1.807) is 24.4 Å². The van der Waals surface area contributed by atoms with Crippen molar-refractivity contribution in [2.24, 2.45) is 0 Å². The monoisotopic (exact) mass is 267 g/mol. The molecule has 0 aliphatic heterocycles. The predicted octanol–water partition coefficient (Wildman–Crippen LogP) is 1.19. The van der Waals surface area contributed by atoms with Gasteiger partial charge in [-0.15, -0.1) is 0 Å². The van der Waals surface area contributed by atoms with Crippen LogP contribution in [0.4, 0.5) is 5.69 Å². The highest BCUT2D eigenvalue weighted by atomic mass is 32.2. The molecule has 0 spiro atoms. The number of oxazole rings is 1. The number of sulfonamides is 1. The zero-order valence-electron chi connectivity index (χ0n) is 9.75. The van der Waals surface area contributed by atoms with Crippen molar-refractivity contribution in [2.75, 3.05) is 12.4 Å². The largest absolute Gasteiger partial charge is 0.447 e. The minimum atomic E-state index is -3.48. The first-order chi connectivity index (χ1) is 8.63. The second-order valence-corrected chi connectivity index (χ2v) is 5.38. The molecule has 96 valence electrons.